The molecule has 2 nitrogen and oxygen atoms in total. The Morgan fingerprint density at radius 2 is 1.91 bits per heavy atom. The van der Waals surface area contributed by atoms with Gasteiger partial charge in [0.15, 0.2) is 11.1 Å². The van der Waals surface area contributed by atoms with Gasteiger partial charge in [0, 0.05) is 4.43 Å². The maximum absolute atomic E-state index is 10.5. The van der Waals surface area contributed by atoms with Gasteiger partial charge in [-0.25, -0.2) is 4.21 Å². The van der Waals surface area contributed by atoms with Gasteiger partial charge < -0.3 is 4.55 Å². The molecular formula is C7H7IO2S. The van der Waals surface area contributed by atoms with Crippen LogP contribution in [0.1, 0.15) is 5.56 Å². The highest BCUT2D eigenvalue weighted by Crippen LogP contribution is 2.09. The van der Waals surface area contributed by atoms with Gasteiger partial charge in [-0.15, -0.1) is 0 Å². The molecule has 0 fully saturated rings. The van der Waals surface area contributed by atoms with Crippen LogP contribution in [0.2, 0.25) is 0 Å². The Bertz CT molecular complexity index is 258. The fourth-order valence-electron chi connectivity index (χ4n) is 0.695. The monoisotopic (exact) mass is 282 g/mol. The summed E-state index contributed by atoms with van der Waals surface area (Å²) >= 11 is 0.402. The third-order valence-electron chi connectivity index (χ3n) is 1.28. The molecule has 0 spiro atoms. The average molecular weight is 282 g/mol. The summed E-state index contributed by atoms with van der Waals surface area (Å²) in [6, 6.07) is 7.06. The molecule has 1 rings (SSSR count). The van der Waals surface area contributed by atoms with Crippen molar-refractivity contribution in [2.45, 2.75) is 9.32 Å². The van der Waals surface area contributed by atoms with Crippen LogP contribution < -0.4 is 0 Å². The van der Waals surface area contributed by atoms with Crippen molar-refractivity contribution in [3.05, 3.63) is 29.8 Å². The van der Waals surface area contributed by atoms with Gasteiger partial charge >= 0.3 is 0 Å². The minimum Gasteiger partial charge on any atom is -0.302 e. The molecule has 4 heteroatoms. The van der Waals surface area contributed by atoms with Gasteiger partial charge in [-0.1, -0.05) is 34.7 Å². The van der Waals surface area contributed by atoms with Crippen molar-refractivity contribution in [1.29, 1.82) is 0 Å². The standard InChI is InChI=1S/C7H7IO2S/c8-5-6-1-3-7(4-2-6)11(9)10/h1-4H,5H2,(H,9,10). The highest BCUT2D eigenvalue weighted by atomic mass is 127. The van der Waals surface area contributed by atoms with E-state index >= 15 is 0 Å². The van der Waals surface area contributed by atoms with Gasteiger partial charge in [-0.05, 0) is 17.7 Å². The van der Waals surface area contributed by atoms with Crippen molar-refractivity contribution >= 4 is 33.7 Å². The Balaban J connectivity index is 2.91. The van der Waals surface area contributed by atoms with Gasteiger partial charge in [-0.2, -0.15) is 0 Å². The van der Waals surface area contributed by atoms with E-state index in [9.17, 15) is 4.21 Å². The van der Waals surface area contributed by atoms with Gasteiger partial charge in [0.2, 0.25) is 0 Å². The fourth-order valence-corrected chi connectivity index (χ4v) is 1.57. The fraction of sp³-hybridized carbons (Fsp3) is 0.143. The third kappa shape index (κ3) is 2.53. The molecule has 1 unspecified atom stereocenters. The van der Waals surface area contributed by atoms with E-state index in [1.807, 2.05) is 12.1 Å². The molecule has 0 amide bonds. The summed E-state index contributed by atoms with van der Waals surface area (Å²) in [5, 5.41) is 0. The van der Waals surface area contributed by atoms with E-state index in [2.05, 4.69) is 22.6 Å². The van der Waals surface area contributed by atoms with Crippen molar-refractivity contribution in [2.24, 2.45) is 0 Å². The average Bonchev–Trinajstić information content (AvgIpc) is 2.05. The van der Waals surface area contributed by atoms with Gasteiger partial charge in [0.1, 0.15) is 0 Å². The normalized spacial score (nSPS) is 12.9. The van der Waals surface area contributed by atoms with E-state index in [0.717, 1.165) is 4.43 Å². The molecule has 0 aliphatic carbocycles. The second kappa shape index (κ2) is 4.18. The van der Waals surface area contributed by atoms with Gasteiger partial charge in [0.25, 0.3) is 0 Å². The van der Waals surface area contributed by atoms with Crippen LogP contribution in [0.15, 0.2) is 29.2 Å². The van der Waals surface area contributed by atoms with Crippen LogP contribution >= 0.6 is 22.6 Å². The zero-order chi connectivity index (χ0) is 8.27. The molecule has 0 aliphatic rings. The molecule has 11 heavy (non-hydrogen) atoms. The van der Waals surface area contributed by atoms with Gasteiger partial charge in [0.05, 0.1) is 4.90 Å². The van der Waals surface area contributed by atoms with Crippen molar-refractivity contribution in [2.75, 3.05) is 0 Å². The topological polar surface area (TPSA) is 37.3 Å². The predicted octanol–water partition coefficient (Wildman–Crippen LogP) is 2.20. The van der Waals surface area contributed by atoms with E-state index in [-0.39, 0.29) is 0 Å². The Labute approximate surface area is 81.4 Å². The molecule has 1 aromatic carbocycles. The van der Waals surface area contributed by atoms with E-state index in [4.69, 9.17) is 4.55 Å². The molecule has 1 N–H and O–H groups in total. The smallest absolute Gasteiger partial charge is 0.186 e. The number of rotatable bonds is 2. The molecule has 0 radical (unpaired) electrons. The lowest BCUT2D eigenvalue weighted by atomic mass is 10.2. The predicted molar refractivity (Wildman–Crippen MR) is 53.2 cm³/mol. The lowest BCUT2D eigenvalue weighted by molar-refractivity contribution is 0.564. The molecule has 0 bridgehead atoms. The molecule has 60 valence electrons. The van der Waals surface area contributed by atoms with Crippen molar-refractivity contribution in [1.82, 2.24) is 0 Å². The van der Waals surface area contributed by atoms with Crippen LogP contribution in [0.5, 0.6) is 0 Å². The molecule has 0 aliphatic heterocycles. The molecule has 0 saturated carbocycles. The van der Waals surface area contributed by atoms with E-state index < -0.39 is 11.1 Å². The molecule has 1 aromatic rings. The SMILES string of the molecule is O=S(O)c1ccc(CI)cc1. The minimum atomic E-state index is -1.84. The van der Waals surface area contributed by atoms with Gasteiger partial charge in [-0.3, -0.25) is 0 Å². The minimum absolute atomic E-state index is 0.457. The number of alkyl halides is 1. The molecular weight excluding hydrogens is 275 g/mol. The largest absolute Gasteiger partial charge is 0.302 e. The van der Waals surface area contributed by atoms with Crippen LogP contribution in [-0.4, -0.2) is 8.76 Å². The van der Waals surface area contributed by atoms with Crippen LogP contribution in [0, 0.1) is 0 Å². The van der Waals surface area contributed by atoms with E-state index in [1.165, 1.54) is 5.56 Å². The number of benzene rings is 1. The maximum atomic E-state index is 10.5. The maximum Gasteiger partial charge on any atom is 0.186 e. The summed E-state index contributed by atoms with van der Waals surface area (Å²) < 4.78 is 20.1. The van der Waals surface area contributed by atoms with Crippen LogP contribution in [0.4, 0.5) is 0 Å². The zero-order valence-electron chi connectivity index (χ0n) is 5.66. The summed E-state index contributed by atoms with van der Waals surface area (Å²) in [5.74, 6) is 0. The van der Waals surface area contributed by atoms with E-state index in [1.54, 1.807) is 12.1 Å². The molecule has 0 aromatic heterocycles. The summed E-state index contributed by atoms with van der Waals surface area (Å²) in [7, 11) is 0. The summed E-state index contributed by atoms with van der Waals surface area (Å²) in [5.41, 5.74) is 1.17. The zero-order valence-corrected chi connectivity index (χ0v) is 8.63. The molecule has 0 saturated heterocycles. The molecule has 1 atom stereocenters. The first-order chi connectivity index (χ1) is 5.24. The Kier molecular flexibility index (Phi) is 3.47. The first-order valence-electron chi connectivity index (χ1n) is 3.00. The summed E-state index contributed by atoms with van der Waals surface area (Å²) in [6.07, 6.45) is 0. The quantitative estimate of drug-likeness (QED) is 0.513. The third-order valence-corrected chi connectivity index (χ3v) is 2.84. The second-order valence-electron chi connectivity index (χ2n) is 2.03. The van der Waals surface area contributed by atoms with Crippen LogP contribution in [0.3, 0.4) is 0 Å². The van der Waals surface area contributed by atoms with Crippen molar-refractivity contribution in [3.63, 3.8) is 0 Å². The van der Waals surface area contributed by atoms with Crippen LogP contribution in [0.25, 0.3) is 0 Å². The highest BCUT2D eigenvalue weighted by Gasteiger charge is 1.97. The first kappa shape index (κ1) is 9.15. The lowest BCUT2D eigenvalue weighted by Gasteiger charge is -1.95. The molecule has 0 heterocycles. The van der Waals surface area contributed by atoms with Crippen molar-refractivity contribution < 1.29 is 8.76 Å². The lowest BCUT2D eigenvalue weighted by Crippen LogP contribution is -1.87. The highest BCUT2D eigenvalue weighted by molar-refractivity contribution is 14.1. The van der Waals surface area contributed by atoms with Crippen LogP contribution in [-0.2, 0) is 15.5 Å². The Morgan fingerprint density at radius 1 is 1.36 bits per heavy atom. The number of halogens is 1. The summed E-state index contributed by atoms with van der Waals surface area (Å²) in [6.45, 7) is 0. The first-order valence-corrected chi connectivity index (χ1v) is 5.63. The Hall–Kier alpha value is 0.0600. The number of hydrogen-bond acceptors (Lipinski definition) is 1. The van der Waals surface area contributed by atoms with Crippen molar-refractivity contribution in [3.8, 4) is 0 Å². The summed E-state index contributed by atoms with van der Waals surface area (Å²) in [4.78, 5) is 0.457. The number of hydrogen-bond donors (Lipinski definition) is 1. The second-order valence-corrected chi connectivity index (χ2v) is 3.76. The van der Waals surface area contributed by atoms with E-state index in [0.29, 0.717) is 4.90 Å². The Morgan fingerprint density at radius 3 is 2.27 bits per heavy atom.